The third-order valence-electron chi connectivity index (χ3n) is 3.96. The molecule has 1 N–H and O–H groups in total. The topological polar surface area (TPSA) is 89.5 Å². The lowest BCUT2D eigenvalue weighted by atomic mass is 10.1. The molecule has 0 saturated carbocycles. The number of aliphatic carboxylic acids is 1. The molecule has 134 valence electrons. The number of rotatable bonds is 5. The molecule has 6 nitrogen and oxygen atoms in total. The molecule has 3 rings (SSSR count). The van der Waals surface area contributed by atoms with Crippen LogP contribution >= 0.6 is 23.2 Å². The highest BCUT2D eigenvalue weighted by atomic mass is 35.5. The van der Waals surface area contributed by atoms with Gasteiger partial charge in [0.25, 0.3) is 5.91 Å². The van der Waals surface area contributed by atoms with Gasteiger partial charge in [-0.2, -0.15) is 0 Å². The summed E-state index contributed by atoms with van der Waals surface area (Å²) in [6.07, 6.45) is -0.218. The van der Waals surface area contributed by atoms with E-state index in [4.69, 9.17) is 23.2 Å². The highest BCUT2D eigenvalue weighted by Crippen LogP contribution is 2.35. The number of nitrogens with one attached hydrogen (secondary N) is 1. The van der Waals surface area contributed by atoms with Crippen molar-refractivity contribution in [2.24, 2.45) is 0 Å². The van der Waals surface area contributed by atoms with Gasteiger partial charge in [-0.15, -0.1) is 0 Å². The summed E-state index contributed by atoms with van der Waals surface area (Å²) in [6, 6.07) is 10.5. The van der Waals surface area contributed by atoms with E-state index >= 15 is 0 Å². The summed E-state index contributed by atoms with van der Waals surface area (Å²) in [5, 5.41) is 14.0. The van der Waals surface area contributed by atoms with Gasteiger partial charge in [0, 0.05) is 18.1 Å². The summed E-state index contributed by atoms with van der Waals surface area (Å²) in [5.41, 5.74) is 1.43. The number of carboxylic acid groups (broad SMARTS) is 1. The van der Waals surface area contributed by atoms with Gasteiger partial charge in [0.1, 0.15) is 6.04 Å². The molecule has 1 heterocycles. The van der Waals surface area contributed by atoms with E-state index in [9.17, 15) is 19.5 Å². The number of carbonyl (C=O) groups is 3. The lowest BCUT2D eigenvalue weighted by Crippen LogP contribution is -2.35. The molecule has 0 spiro atoms. The maximum atomic E-state index is 12.7. The van der Waals surface area contributed by atoms with E-state index in [1.165, 1.54) is 0 Å². The Bertz CT molecular complexity index is 883. The first-order valence-electron chi connectivity index (χ1n) is 7.73. The van der Waals surface area contributed by atoms with Crippen molar-refractivity contribution < 1.29 is 19.5 Å². The van der Waals surface area contributed by atoms with E-state index < -0.39 is 17.9 Å². The second-order valence-corrected chi connectivity index (χ2v) is 6.57. The van der Waals surface area contributed by atoms with Crippen LogP contribution in [0.1, 0.15) is 12.0 Å². The highest BCUT2D eigenvalue weighted by Gasteiger charge is 2.40. The summed E-state index contributed by atoms with van der Waals surface area (Å²) in [4.78, 5) is 36.6. The fourth-order valence-corrected chi connectivity index (χ4v) is 3.13. The van der Waals surface area contributed by atoms with Crippen LogP contribution in [0.5, 0.6) is 0 Å². The first kappa shape index (κ1) is 18.2. The van der Waals surface area contributed by atoms with Gasteiger partial charge in [-0.3, -0.25) is 9.59 Å². The SMILES string of the molecule is O=C([O-])Cc1ccc(N[C@@H]2CC(=O)N(c3cccc(Cl)c3Cl)C2=O)cc1. The number of anilines is 2. The lowest BCUT2D eigenvalue weighted by molar-refractivity contribution is -0.304. The smallest absolute Gasteiger partial charge is 0.256 e. The van der Waals surface area contributed by atoms with Crippen LogP contribution in [0.3, 0.4) is 0 Å². The number of benzene rings is 2. The third kappa shape index (κ3) is 3.66. The fraction of sp³-hybridized carbons (Fsp3) is 0.167. The Morgan fingerprint density at radius 1 is 1.15 bits per heavy atom. The molecule has 0 radical (unpaired) electrons. The number of nitrogens with zero attached hydrogens (tertiary/aromatic N) is 1. The summed E-state index contributed by atoms with van der Waals surface area (Å²) >= 11 is 12.1. The van der Waals surface area contributed by atoms with E-state index in [1.807, 2.05) is 0 Å². The fourth-order valence-electron chi connectivity index (χ4n) is 2.75. The molecule has 26 heavy (non-hydrogen) atoms. The number of halogens is 2. The quantitative estimate of drug-likeness (QED) is 0.787. The van der Waals surface area contributed by atoms with E-state index in [2.05, 4.69) is 5.32 Å². The maximum Gasteiger partial charge on any atom is 0.256 e. The number of carboxylic acids is 1. The molecule has 1 aliphatic rings. The summed E-state index contributed by atoms with van der Waals surface area (Å²) < 4.78 is 0. The van der Waals surface area contributed by atoms with Crippen LogP contribution in [-0.4, -0.2) is 23.8 Å². The molecule has 2 aromatic rings. The van der Waals surface area contributed by atoms with Crippen LogP contribution in [0.15, 0.2) is 42.5 Å². The Kier molecular flexibility index (Phi) is 5.15. The van der Waals surface area contributed by atoms with E-state index in [1.54, 1.807) is 42.5 Å². The highest BCUT2D eigenvalue weighted by molar-refractivity contribution is 6.45. The normalized spacial score (nSPS) is 16.8. The minimum absolute atomic E-state index is 0.0253. The van der Waals surface area contributed by atoms with Crippen LogP contribution in [0.2, 0.25) is 10.0 Å². The van der Waals surface area contributed by atoms with Gasteiger partial charge in [-0.05, 0) is 29.8 Å². The van der Waals surface area contributed by atoms with E-state index in [0.717, 1.165) is 4.90 Å². The number of carbonyl (C=O) groups excluding carboxylic acids is 3. The Hall–Kier alpha value is -2.57. The molecule has 0 bridgehead atoms. The van der Waals surface area contributed by atoms with Gasteiger partial charge >= 0.3 is 0 Å². The molecular formula is C18H13Cl2N2O4-. The molecule has 8 heteroatoms. The molecule has 1 atom stereocenters. The molecule has 0 aromatic heterocycles. The lowest BCUT2D eigenvalue weighted by Gasteiger charge is -2.18. The average molecular weight is 392 g/mol. The van der Waals surface area contributed by atoms with Crippen LogP contribution in [0, 0.1) is 0 Å². The van der Waals surface area contributed by atoms with Crippen LogP contribution < -0.4 is 15.3 Å². The predicted molar refractivity (Wildman–Crippen MR) is 96.1 cm³/mol. The third-order valence-corrected chi connectivity index (χ3v) is 4.77. The Balaban J connectivity index is 1.77. The molecule has 1 aliphatic heterocycles. The minimum atomic E-state index is -1.17. The monoisotopic (exact) mass is 391 g/mol. The second-order valence-electron chi connectivity index (χ2n) is 5.79. The van der Waals surface area contributed by atoms with Crippen molar-refractivity contribution in [2.75, 3.05) is 10.2 Å². The molecule has 2 amide bonds. The van der Waals surface area contributed by atoms with Gasteiger partial charge in [-0.25, -0.2) is 4.90 Å². The van der Waals surface area contributed by atoms with Crippen molar-refractivity contribution >= 4 is 52.4 Å². The van der Waals surface area contributed by atoms with E-state index in [-0.39, 0.29) is 34.5 Å². The van der Waals surface area contributed by atoms with Gasteiger partial charge in [-0.1, -0.05) is 41.4 Å². The average Bonchev–Trinajstić information content (AvgIpc) is 2.86. The molecule has 0 unspecified atom stereocenters. The van der Waals surface area contributed by atoms with Gasteiger partial charge < -0.3 is 15.2 Å². The number of hydrogen-bond acceptors (Lipinski definition) is 5. The zero-order valence-electron chi connectivity index (χ0n) is 13.4. The van der Waals surface area contributed by atoms with Gasteiger partial charge in [0.15, 0.2) is 0 Å². The predicted octanol–water partition coefficient (Wildman–Crippen LogP) is 2.03. The first-order valence-corrected chi connectivity index (χ1v) is 8.48. The number of amides is 2. The summed E-state index contributed by atoms with van der Waals surface area (Å²) in [6.45, 7) is 0. The van der Waals surface area contributed by atoms with Crippen LogP contribution in [0.4, 0.5) is 11.4 Å². The molecule has 1 fully saturated rings. The molecule has 2 aromatic carbocycles. The van der Waals surface area contributed by atoms with Crippen molar-refractivity contribution in [3.05, 3.63) is 58.1 Å². The molecular weight excluding hydrogens is 379 g/mol. The zero-order valence-corrected chi connectivity index (χ0v) is 14.9. The zero-order chi connectivity index (χ0) is 18.8. The summed E-state index contributed by atoms with van der Waals surface area (Å²) in [5.74, 6) is -1.99. The van der Waals surface area contributed by atoms with Gasteiger partial charge in [0.05, 0.1) is 22.2 Å². The standard InChI is InChI=1S/C18H14Cl2N2O4/c19-12-2-1-3-14(17(12)20)22-15(23)9-13(18(22)26)21-11-6-4-10(5-7-11)8-16(24)25/h1-7,13,21H,8-9H2,(H,24,25)/p-1/t13-/m1/s1. The van der Waals surface area contributed by atoms with Crippen molar-refractivity contribution in [3.8, 4) is 0 Å². The number of imide groups is 1. The largest absolute Gasteiger partial charge is 0.550 e. The van der Waals surface area contributed by atoms with Crippen LogP contribution in [0.25, 0.3) is 0 Å². The van der Waals surface area contributed by atoms with Crippen LogP contribution in [-0.2, 0) is 20.8 Å². The Labute approximate surface area is 159 Å². The van der Waals surface area contributed by atoms with Crippen molar-refractivity contribution in [1.29, 1.82) is 0 Å². The summed E-state index contributed by atoms with van der Waals surface area (Å²) in [7, 11) is 0. The molecule has 1 saturated heterocycles. The van der Waals surface area contributed by atoms with Gasteiger partial charge in [0.2, 0.25) is 5.91 Å². The first-order chi connectivity index (χ1) is 12.4. The number of hydrogen-bond donors (Lipinski definition) is 1. The van der Waals surface area contributed by atoms with Crippen molar-refractivity contribution in [1.82, 2.24) is 0 Å². The molecule has 0 aliphatic carbocycles. The second kappa shape index (κ2) is 7.35. The van der Waals surface area contributed by atoms with Crippen molar-refractivity contribution in [3.63, 3.8) is 0 Å². The van der Waals surface area contributed by atoms with E-state index in [0.29, 0.717) is 11.3 Å². The minimum Gasteiger partial charge on any atom is -0.550 e. The van der Waals surface area contributed by atoms with Crippen molar-refractivity contribution in [2.45, 2.75) is 18.9 Å². The maximum absolute atomic E-state index is 12.7. The Morgan fingerprint density at radius 3 is 2.50 bits per heavy atom. The Morgan fingerprint density at radius 2 is 1.85 bits per heavy atom.